The third-order valence-corrected chi connectivity index (χ3v) is 2.83. The van der Waals surface area contributed by atoms with E-state index in [2.05, 4.69) is 10.1 Å². The molecule has 0 aliphatic carbocycles. The molecule has 0 radical (unpaired) electrons. The number of rotatable bonds is 8. The van der Waals surface area contributed by atoms with Crippen LogP contribution in [0.1, 0.15) is 18.1 Å². The molecule has 1 aromatic rings. The third-order valence-electron chi connectivity index (χ3n) is 2.83. The van der Waals surface area contributed by atoms with E-state index in [9.17, 15) is 22.0 Å². The molecule has 0 bridgehead atoms. The molecule has 0 saturated heterocycles. The first-order valence-corrected chi connectivity index (χ1v) is 6.57. The molecule has 0 aromatic heterocycles. The molecule has 21 heavy (non-hydrogen) atoms. The molecule has 1 N–H and O–H groups in total. The van der Waals surface area contributed by atoms with Crippen molar-refractivity contribution in [3.05, 3.63) is 35.4 Å². The zero-order valence-corrected chi connectivity index (χ0v) is 11.6. The molecule has 2 nitrogen and oxygen atoms in total. The number of alkyl halides is 5. The third kappa shape index (κ3) is 5.97. The van der Waals surface area contributed by atoms with E-state index in [-0.39, 0.29) is 6.61 Å². The van der Waals surface area contributed by atoms with Gasteiger partial charge in [-0.1, -0.05) is 31.2 Å². The van der Waals surface area contributed by atoms with Crippen molar-refractivity contribution in [2.75, 3.05) is 19.7 Å². The van der Waals surface area contributed by atoms with Crippen molar-refractivity contribution < 1.29 is 26.7 Å². The summed E-state index contributed by atoms with van der Waals surface area (Å²) in [6.45, 7) is 1.75. The van der Waals surface area contributed by atoms with Crippen molar-refractivity contribution in [1.82, 2.24) is 5.32 Å². The fourth-order valence-electron chi connectivity index (χ4n) is 1.59. The van der Waals surface area contributed by atoms with E-state index in [0.717, 1.165) is 25.1 Å². The highest BCUT2D eigenvalue weighted by Crippen LogP contribution is 2.35. The van der Waals surface area contributed by atoms with Gasteiger partial charge in [0.25, 0.3) is 0 Å². The van der Waals surface area contributed by atoms with Gasteiger partial charge in [0.15, 0.2) is 0 Å². The summed E-state index contributed by atoms with van der Waals surface area (Å²) in [7, 11) is 0. The summed E-state index contributed by atoms with van der Waals surface area (Å²) in [4.78, 5) is 0. The zero-order chi connectivity index (χ0) is 15.9. The smallest absolute Gasteiger partial charge is 0.370 e. The second-order valence-electron chi connectivity index (χ2n) is 4.62. The summed E-state index contributed by atoms with van der Waals surface area (Å²) in [5.74, 6) is -4.82. The molecule has 0 amide bonds. The molecule has 1 rings (SSSR count). The Kier molecular flexibility index (Phi) is 6.54. The van der Waals surface area contributed by atoms with Gasteiger partial charge in [-0.2, -0.15) is 22.0 Å². The highest BCUT2D eigenvalue weighted by molar-refractivity contribution is 5.22. The van der Waals surface area contributed by atoms with Gasteiger partial charge in [0.2, 0.25) is 0 Å². The first kappa shape index (κ1) is 17.8. The van der Waals surface area contributed by atoms with Gasteiger partial charge in [-0.05, 0) is 30.6 Å². The van der Waals surface area contributed by atoms with Crippen LogP contribution >= 0.6 is 0 Å². The maximum atomic E-state index is 12.6. The number of hydrogen-bond acceptors (Lipinski definition) is 2. The van der Waals surface area contributed by atoms with Gasteiger partial charge in [-0.15, -0.1) is 0 Å². The topological polar surface area (TPSA) is 21.3 Å². The number of likely N-dealkylation sites (N-methyl/N-ethyl adjacent to an activating group) is 1. The predicted octanol–water partition coefficient (Wildman–Crippen LogP) is 3.55. The van der Waals surface area contributed by atoms with Gasteiger partial charge in [-0.25, -0.2) is 0 Å². The normalized spacial score (nSPS) is 12.7. The minimum atomic E-state index is -5.58. The van der Waals surface area contributed by atoms with Crippen LogP contribution in [-0.4, -0.2) is 31.8 Å². The van der Waals surface area contributed by atoms with Crippen molar-refractivity contribution in [2.45, 2.75) is 32.1 Å². The highest BCUT2D eigenvalue weighted by Gasteiger charge is 2.57. The lowest BCUT2D eigenvalue weighted by Crippen LogP contribution is -2.40. The van der Waals surface area contributed by atoms with Crippen LogP contribution in [0.3, 0.4) is 0 Å². The van der Waals surface area contributed by atoms with E-state index in [4.69, 9.17) is 0 Å². The van der Waals surface area contributed by atoms with Crippen LogP contribution in [0.4, 0.5) is 22.0 Å². The monoisotopic (exact) mass is 311 g/mol. The van der Waals surface area contributed by atoms with Gasteiger partial charge in [0.05, 0.1) is 6.61 Å². The Balaban J connectivity index is 2.39. The lowest BCUT2D eigenvalue weighted by atomic mass is 10.1. The van der Waals surface area contributed by atoms with Crippen LogP contribution < -0.4 is 5.32 Å². The summed E-state index contributed by atoms with van der Waals surface area (Å²) in [5.41, 5.74) is 1.61. The van der Waals surface area contributed by atoms with E-state index in [1.54, 1.807) is 24.3 Å². The predicted molar refractivity (Wildman–Crippen MR) is 69.3 cm³/mol. The minimum Gasteiger partial charge on any atom is -0.370 e. The average molecular weight is 311 g/mol. The van der Waals surface area contributed by atoms with Crippen molar-refractivity contribution in [1.29, 1.82) is 0 Å². The van der Waals surface area contributed by atoms with Gasteiger partial charge in [0.1, 0.15) is 6.61 Å². The summed E-state index contributed by atoms with van der Waals surface area (Å²) in [6.07, 6.45) is -4.76. The molecule has 0 saturated carbocycles. The van der Waals surface area contributed by atoms with Crippen LogP contribution in [0.2, 0.25) is 0 Å². The summed E-state index contributed by atoms with van der Waals surface area (Å²) >= 11 is 0. The molecule has 7 heteroatoms. The van der Waals surface area contributed by atoms with Crippen LogP contribution in [-0.2, 0) is 17.8 Å². The molecule has 120 valence electrons. The zero-order valence-electron chi connectivity index (χ0n) is 11.6. The van der Waals surface area contributed by atoms with E-state index >= 15 is 0 Å². The lowest BCUT2D eigenvalue weighted by molar-refractivity contribution is -0.297. The largest absolute Gasteiger partial charge is 0.455 e. The second-order valence-corrected chi connectivity index (χ2v) is 4.62. The van der Waals surface area contributed by atoms with Crippen molar-refractivity contribution >= 4 is 0 Å². The maximum absolute atomic E-state index is 12.6. The van der Waals surface area contributed by atoms with Crippen molar-refractivity contribution in [3.8, 4) is 0 Å². The van der Waals surface area contributed by atoms with Gasteiger partial charge in [0, 0.05) is 0 Å². The van der Waals surface area contributed by atoms with Gasteiger partial charge >= 0.3 is 12.1 Å². The van der Waals surface area contributed by atoms with Gasteiger partial charge < -0.3 is 10.1 Å². The Morgan fingerprint density at radius 2 is 1.57 bits per heavy atom. The second kappa shape index (κ2) is 7.70. The molecule has 1 aromatic carbocycles. The molecule has 0 aliphatic heterocycles. The van der Waals surface area contributed by atoms with Crippen molar-refractivity contribution in [2.24, 2.45) is 0 Å². The minimum absolute atomic E-state index is 0.279. The summed E-state index contributed by atoms with van der Waals surface area (Å²) in [6, 6.07) is 6.93. The number of halogens is 5. The average Bonchev–Trinajstić information content (AvgIpc) is 2.39. The first-order chi connectivity index (χ1) is 9.76. The Bertz CT molecular complexity index is 416. The molecule has 0 heterocycles. The Labute approximate surface area is 120 Å². The molecule has 0 fully saturated rings. The highest BCUT2D eigenvalue weighted by atomic mass is 19.4. The Morgan fingerprint density at radius 3 is 2.10 bits per heavy atom. The van der Waals surface area contributed by atoms with Crippen LogP contribution in [0.15, 0.2) is 24.3 Å². The van der Waals surface area contributed by atoms with E-state index in [1.807, 2.05) is 6.92 Å². The quantitative estimate of drug-likeness (QED) is 0.585. The summed E-state index contributed by atoms with van der Waals surface area (Å²) < 4.78 is 65.5. The molecule has 0 atom stereocenters. The van der Waals surface area contributed by atoms with Crippen molar-refractivity contribution in [3.63, 3.8) is 0 Å². The van der Waals surface area contributed by atoms with Crippen LogP contribution in [0.25, 0.3) is 0 Å². The first-order valence-electron chi connectivity index (χ1n) is 6.57. The lowest BCUT2D eigenvalue weighted by Gasteiger charge is -2.19. The maximum Gasteiger partial charge on any atom is 0.455 e. The molecular weight excluding hydrogens is 293 g/mol. The van der Waals surface area contributed by atoms with Crippen LogP contribution in [0.5, 0.6) is 0 Å². The molecule has 0 aliphatic rings. The van der Waals surface area contributed by atoms with E-state index in [0.29, 0.717) is 5.56 Å². The van der Waals surface area contributed by atoms with E-state index < -0.39 is 18.7 Å². The number of ether oxygens (including phenoxy) is 1. The molecule has 0 unspecified atom stereocenters. The summed E-state index contributed by atoms with van der Waals surface area (Å²) in [5, 5.41) is 3.16. The Morgan fingerprint density at radius 1 is 1.00 bits per heavy atom. The Hall–Kier alpha value is -1.21. The fourth-order valence-corrected chi connectivity index (χ4v) is 1.59. The fraction of sp³-hybridized carbons (Fsp3) is 0.571. The van der Waals surface area contributed by atoms with E-state index in [1.165, 1.54) is 0 Å². The molecule has 0 spiro atoms. The molecular formula is C14H18F5NO. The standard InChI is InChI=1S/C14H18F5NO/c1-2-20-8-7-11-3-5-12(6-4-11)9-21-10-13(15,16)14(17,18)19/h3-6,20H,2,7-10H2,1H3. The number of hydrogen-bond donors (Lipinski definition) is 1. The van der Waals surface area contributed by atoms with Crippen LogP contribution in [0, 0.1) is 0 Å². The SMILES string of the molecule is CCNCCc1ccc(COCC(F)(F)C(F)(F)F)cc1. The number of benzene rings is 1. The number of nitrogens with one attached hydrogen (secondary N) is 1. The van der Waals surface area contributed by atoms with Gasteiger partial charge in [-0.3, -0.25) is 0 Å².